The molecule has 0 saturated heterocycles. The largest absolute Gasteiger partial charge is 0.434 e. The van der Waals surface area contributed by atoms with Crippen molar-refractivity contribution < 1.29 is 35.9 Å². The van der Waals surface area contributed by atoms with Gasteiger partial charge in [0.1, 0.15) is 0 Å². The summed E-state index contributed by atoms with van der Waals surface area (Å²) < 4.78 is 78.7. The first-order valence-electron chi connectivity index (χ1n) is 5.90. The zero-order valence-electron chi connectivity index (χ0n) is 10.6. The number of hydrogen-bond donors (Lipinski definition) is 0. The molecular weight excluding hydrogens is 384 g/mol. The second-order valence-electron chi connectivity index (χ2n) is 4.52. The molecule has 2 rings (SSSR count). The fraction of sp³-hybridized carbons (Fsp3) is 0.417. The number of carbonyl (C=O) groups excluding carboxylic acids is 1. The molecule has 0 atom stereocenters. The fourth-order valence-electron chi connectivity index (χ4n) is 2.04. The molecule has 0 spiro atoms. The Morgan fingerprint density at radius 3 is 2.32 bits per heavy atom. The van der Waals surface area contributed by atoms with Crippen LogP contribution in [0.3, 0.4) is 0 Å². The van der Waals surface area contributed by atoms with Gasteiger partial charge < -0.3 is 4.74 Å². The number of amides is 1. The van der Waals surface area contributed by atoms with E-state index < -0.39 is 24.5 Å². The fourth-order valence-corrected chi connectivity index (χ4v) is 2.45. The molecule has 1 aromatic rings. The predicted molar refractivity (Wildman–Crippen MR) is 67.6 cm³/mol. The Bertz CT molecular complexity index is 572. The van der Waals surface area contributed by atoms with Gasteiger partial charge in [0.25, 0.3) is 6.10 Å². The monoisotopic (exact) mass is 391 g/mol. The van der Waals surface area contributed by atoms with Crippen LogP contribution in [0.25, 0.3) is 0 Å². The molecule has 0 aliphatic carbocycles. The third-order valence-corrected chi connectivity index (χ3v) is 3.46. The minimum absolute atomic E-state index is 0.0486. The molecule has 1 aliphatic heterocycles. The van der Waals surface area contributed by atoms with Gasteiger partial charge in [-0.25, -0.2) is 4.79 Å². The lowest BCUT2D eigenvalue weighted by molar-refractivity contribution is -0.306. The molecule has 22 heavy (non-hydrogen) atoms. The lowest BCUT2D eigenvalue weighted by Crippen LogP contribution is -2.48. The van der Waals surface area contributed by atoms with Crippen LogP contribution in [-0.2, 0) is 11.2 Å². The molecule has 122 valence electrons. The predicted octanol–water partition coefficient (Wildman–Crippen LogP) is 4.44. The SMILES string of the molecule is O=C(OC(C(F)(F)F)C(F)(F)F)N1CCc2cc(Br)ccc21. The quantitative estimate of drug-likeness (QED) is 0.662. The molecule has 0 fully saturated rings. The second kappa shape index (κ2) is 5.64. The number of nitrogens with zero attached hydrogens (tertiary/aromatic N) is 1. The van der Waals surface area contributed by atoms with Crippen molar-refractivity contribution >= 4 is 27.7 Å². The Morgan fingerprint density at radius 1 is 1.18 bits per heavy atom. The zero-order chi connectivity index (χ0) is 16.7. The highest BCUT2D eigenvalue weighted by Gasteiger charge is 2.60. The van der Waals surface area contributed by atoms with Crippen molar-refractivity contribution in [1.82, 2.24) is 0 Å². The summed E-state index contributed by atoms with van der Waals surface area (Å²) in [6, 6.07) is 4.58. The van der Waals surface area contributed by atoms with Gasteiger partial charge in [-0.05, 0) is 30.2 Å². The summed E-state index contributed by atoms with van der Waals surface area (Å²) in [7, 11) is 0. The molecule has 0 radical (unpaired) electrons. The van der Waals surface area contributed by atoms with E-state index in [1.807, 2.05) is 0 Å². The Hall–Kier alpha value is -1.45. The third kappa shape index (κ3) is 3.47. The molecule has 1 aliphatic rings. The van der Waals surface area contributed by atoms with E-state index in [9.17, 15) is 31.1 Å². The van der Waals surface area contributed by atoms with Gasteiger partial charge in [-0.1, -0.05) is 15.9 Å². The van der Waals surface area contributed by atoms with Gasteiger partial charge in [-0.3, -0.25) is 4.90 Å². The van der Waals surface area contributed by atoms with Gasteiger partial charge in [0.05, 0.1) is 5.69 Å². The van der Waals surface area contributed by atoms with E-state index in [1.54, 1.807) is 6.07 Å². The zero-order valence-corrected chi connectivity index (χ0v) is 12.2. The highest BCUT2D eigenvalue weighted by Crippen LogP contribution is 2.37. The van der Waals surface area contributed by atoms with Crippen molar-refractivity contribution in [2.75, 3.05) is 11.4 Å². The highest BCUT2D eigenvalue weighted by molar-refractivity contribution is 9.10. The summed E-state index contributed by atoms with van der Waals surface area (Å²) >= 11 is 3.18. The molecule has 1 heterocycles. The number of halogens is 7. The molecule has 1 aromatic carbocycles. The summed E-state index contributed by atoms with van der Waals surface area (Å²) in [4.78, 5) is 12.4. The maximum absolute atomic E-state index is 12.4. The third-order valence-electron chi connectivity index (χ3n) is 2.97. The van der Waals surface area contributed by atoms with E-state index >= 15 is 0 Å². The van der Waals surface area contributed by atoms with E-state index in [0.29, 0.717) is 16.5 Å². The Kier molecular flexibility index (Phi) is 4.33. The molecule has 0 N–H and O–H groups in total. The van der Waals surface area contributed by atoms with Crippen LogP contribution >= 0.6 is 15.9 Å². The number of benzene rings is 1. The molecule has 10 heteroatoms. The first-order chi connectivity index (χ1) is 10.00. The van der Waals surface area contributed by atoms with Gasteiger partial charge in [0, 0.05) is 11.0 Å². The number of rotatable bonds is 1. The van der Waals surface area contributed by atoms with Crippen LogP contribution in [0.15, 0.2) is 22.7 Å². The minimum atomic E-state index is -5.73. The normalized spacial score (nSPS) is 15.2. The van der Waals surface area contributed by atoms with E-state index in [-0.39, 0.29) is 12.2 Å². The number of anilines is 1. The van der Waals surface area contributed by atoms with E-state index in [0.717, 1.165) is 4.90 Å². The van der Waals surface area contributed by atoms with E-state index in [4.69, 9.17) is 0 Å². The minimum Gasteiger partial charge on any atom is -0.426 e. The number of hydrogen-bond acceptors (Lipinski definition) is 2. The van der Waals surface area contributed by atoms with Gasteiger partial charge >= 0.3 is 18.4 Å². The number of alkyl halides is 6. The maximum Gasteiger partial charge on any atom is 0.434 e. The van der Waals surface area contributed by atoms with Crippen LogP contribution in [0.2, 0.25) is 0 Å². The summed E-state index contributed by atoms with van der Waals surface area (Å²) in [6.07, 6.45) is -17.0. The van der Waals surface area contributed by atoms with Crippen LogP contribution in [0, 0.1) is 0 Å². The summed E-state index contributed by atoms with van der Waals surface area (Å²) in [5.41, 5.74) is 0.859. The average molecular weight is 392 g/mol. The van der Waals surface area contributed by atoms with Gasteiger partial charge in [-0.15, -0.1) is 0 Å². The molecule has 0 bridgehead atoms. The van der Waals surface area contributed by atoms with Crippen molar-refractivity contribution in [2.24, 2.45) is 0 Å². The number of ether oxygens (including phenoxy) is 1. The lowest BCUT2D eigenvalue weighted by atomic mass is 10.2. The van der Waals surface area contributed by atoms with Crippen LogP contribution in [0.5, 0.6) is 0 Å². The molecular formula is C12H8BrF6NO2. The van der Waals surface area contributed by atoms with Crippen molar-refractivity contribution in [3.63, 3.8) is 0 Å². The topological polar surface area (TPSA) is 29.5 Å². The summed E-state index contributed by atoms with van der Waals surface area (Å²) in [6.45, 7) is -0.0486. The molecule has 0 saturated carbocycles. The van der Waals surface area contributed by atoms with Crippen molar-refractivity contribution in [1.29, 1.82) is 0 Å². The van der Waals surface area contributed by atoms with Crippen LogP contribution < -0.4 is 4.90 Å². The average Bonchev–Trinajstić information content (AvgIpc) is 2.75. The summed E-state index contributed by atoms with van der Waals surface area (Å²) in [5.74, 6) is 0. The maximum atomic E-state index is 12.4. The smallest absolute Gasteiger partial charge is 0.426 e. The van der Waals surface area contributed by atoms with Gasteiger partial charge in [0.2, 0.25) is 0 Å². The molecule has 0 unspecified atom stereocenters. The number of fused-ring (bicyclic) bond motifs is 1. The van der Waals surface area contributed by atoms with Crippen molar-refractivity contribution in [3.8, 4) is 0 Å². The van der Waals surface area contributed by atoms with Gasteiger partial charge in [0.15, 0.2) is 0 Å². The second-order valence-corrected chi connectivity index (χ2v) is 5.44. The Morgan fingerprint density at radius 2 is 1.77 bits per heavy atom. The van der Waals surface area contributed by atoms with E-state index in [1.165, 1.54) is 12.1 Å². The summed E-state index contributed by atoms with van der Waals surface area (Å²) in [5, 5.41) is 0. The van der Waals surface area contributed by atoms with Crippen molar-refractivity contribution in [2.45, 2.75) is 24.9 Å². The van der Waals surface area contributed by atoms with Crippen LogP contribution in [0.1, 0.15) is 5.56 Å². The molecule has 1 amide bonds. The van der Waals surface area contributed by atoms with Crippen molar-refractivity contribution in [3.05, 3.63) is 28.2 Å². The Labute approximate surface area is 129 Å². The highest BCUT2D eigenvalue weighted by atomic mass is 79.9. The first-order valence-corrected chi connectivity index (χ1v) is 6.69. The first kappa shape index (κ1) is 16.9. The van der Waals surface area contributed by atoms with Crippen LogP contribution in [-0.4, -0.2) is 31.1 Å². The standard InChI is InChI=1S/C12H8BrF6NO2/c13-7-1-2-8-6(5-7)3-4-20(8)10(21)22-9(11(14,15)16)12(17,18)19/h1-2,5,9H,3-4H2. The lowest BCUT2D eigenvalue weighted by Gasteiger charge is -2.25. The molecule has 3 nitrogen and oxygen atoms in total. The Balaban J connectivity index is 2.20. The van der Waals surface area contributed by atoms with Gasteiger partial charge in [-0.2, -0.15) is 26.3 Å². The van der Waals surface area contributed by atoms with E-state index in [2.05, 4.69) is 20.7 Å². The molecule has 0 aromatic heterocycles. The van der Waals surface area contributed by atoms with Crippen LogP contribution in [0.4, 0.5) is 36.8 Å². The number of carbonyl (C=O) groups is 1.